The summed E-state index contributed by atoms with van der Waals surface area (Å²) in [4.78, 5) is 16.3. The highest BCUT2D eigenvalue weighted by Crippen LogP contribution is 2.34. The third kappa shape index (κ3) is 4.95. The Morgan fingerprint density at radius 2 is 1.72 bits per heavy atom. The van der Waals surface area contributed by atoms with Gasteiger partial charge in [0.1, 0.15) is 11.4 Å². The monoisotopic (exact) mass is 443 g/mol. The number of fused-ring (bicyclic) bond motifs is 1. The van der Waals surface area contributed by atoms with Gasteiger partial charge in [-0.15, -0.1) is 0 Å². The molecule has 1 saturated carbocycles. The number of carbonyl (C=O) groups excluding carboxylic acids is 1. The van der Waals surface area contributed by atoms with Crippen LogP contribution in [0.25, 0.3) is 10.9 Å². The molecule has 0 saturated heterocycles. The van der Waals surface area contributed by atoms with E-state index in [2.05, 4.69) is 15.6 Å². The molecule has 1 amide bonds. The lowest BCUT2D eigenvalue weighted by molar-refractivity contribution is -0.140. The Morgan fingerprint density at radius 1 is 1.00 bits per heavy atom. The zero-order chi connectivity index (χ0) is 22.7. The number of benzene rings is 2. The maximum Gasteiger partial charge on any atom is 0.433 e. The lowest BCUT2D eigenvalue weighted by Gasteiger charge is -2.30. The molecule has 8 heteroatoms. The van der Waals surface area contributed by atoms with E-state index in [1.807, 2.05) is 0 Å². The molecular formula is C24H24F3N3O2. The maximum absolute atomic E-state index is 13.3. The van der Waals surface area contributed by atoms with E-state index in [0.29, 0.717) is 27.9 Å². The summed E-state index contributed by atoms with van der Waals surface area (Å²) in [6, 6.07) is 14.9. The van der Waals surface area contributed by atoms with Crippen molar-refractivity contribution in [1.29, 1.82) is 0 Å². The van der Waals surface area contributed by atoms with E-state index in [4.69, 9.17) is 4.74 Å². The predicted octanol–water partition coefficient (Wildman–Crippen LogP) is 5.42. The van der Waals surface area contributed by atoms with Gasteiger partial charge in [0.2, 0.25) is 0 Å². The molecule has 0 unspecified atom stereocenters. The summed E-state index contributed by atoms with van der Waals surface area (Å²) < 4.78 is 45.1. The van der Waals surface area contributed by atoms with E-state index in [9.17, 15) is 18.0 Å². The fraction of sp³-hybridized carbons (Fsp3) is 0.333. The molecule has 3 aromatic rings. The average molecular weight is 443 g/mol. The zero-order valence-corrected chi connectivity index (χ0v) is 17.6. The number of ether oxygens (including phenoxy) is 1. The third-order valence-electron chi connectivity index (χ3n) is 5.76. The molecule has 0 aliphatic heterocycles. The number of nitrogens with zero attached hydrogens (tertiary/aromatic N) is 1. The van der Waals surface area contributed by atoms with Gasteiger partial charge in [-0.2, -0.15) is 13.2 Å². The first-order valence-electron chi connectivity index (χ1n) is 10.5. The first-order chi connectivity index (χ1) is 15.3. The van der Waals surface area contributed by atoms with Crippen molar-refractivity contribution in [3.05, 3.63) is 65.9 Å². The molecule has 2 aromatic carbocycles. The Kier molecular flexibility index (Phi) is 6.21. The minimum absolute atomic E-state index is 0.0201. The molecule has 4 rings (SSSR count). The molecule has 0 radical (unpaired) electrons. The van der Waals surface area contributed by atoms with E-state index < -0.39 is 11.9 Å². The number of aromatic nitrogens is 1. The van der Waals surface area contributed by atoms with Crippen molar-refractivity contribution in [2.75, 3.05) is 12.4 Å². The second-order valence-electron chi connectivity index (χ2n) is 7.97. The van der Waals surface area contributed by atoms with Crippen LogP contribution in [0, 0.1) is 0 Å². The average Bonchev–Trinajstić information content (AvgIpc) is 2.79. The van der Waals surface area contributed by atoms with Gasteiger partial charge in [-0.25, -0.2) is 4.98 Å². The van der Waals surface area contributed by atoms with E-state index in [0.717, 1.165) is 31.7 Å². The number of hydrogen-bond acceptors (Lipinski definition) is 4. The van der Waals surface area contributed by atoms with Crippen LogP contribution in [0.4, 0.5) is 18.9 Å². The topological polar surface area (TPSA) is 63.2 Å². The number of anilines is 1. The summed E-state index contributed by atoms with van der Waals surface area (Å²) in [5.41, 5.74) is 0.376. The van der Waals surface area contributed by atoms with Crippen LogP contribution in [0.2, 0.25) is 0 Å². The molecule has 1 heterocycles. The molecule has 1 fully saturated rings. The number of halogens is 3. The van der Waals surface area contributed by atoms with Crippen LogP contribution >= 0.6 is 0 Å². The van der Waals surface area contributed by atoms with Crippen LogP contribution in [-0.2, 0) is 6.18 Å². The molecule has 0 bridgehead atoms. The largest absolute Gasteiger partial charge is 0.497 e. The van der Waals surface area contributed by atoms with Gasteiger partial charge in [-0.3, -0.25) is 4.79 Å². The van der Waals surface area contributed by atoms with Crippen molar-refractivity contribution in [1.82, 2.24) is 10.3 Å². The van der Waals surface area contributed by atoms with Crippen molar-refractivity contribution >= 4 is 22.5 Å². The fourth-order valence-corrected chi connectivity index (χ4v) is 4.08. The van der Waals surface area contributed by atoms with Gasteiger partial charge in [-0.1, -0.05) is 24.3 Å². The molecule has 1 aromatic heterocycles. The SMILES string of the molecule is COc1cccc(C(=O)NC2CCC(Nc3cc(C(F)(F)F)nc4ccccc34)CC2)c1. The van der Waals surface area contributed by atoms with Gasteiger partial charge in [0, 0.05) is 28.7 Å². The van der Waals surface area contributed by atoms with Crippen LogP contribution in [-0.4, -0.2) is 30.1 Å². The number of alkyl halides is 3. The molecule has 2 N–H and O–H groups in total. The second-order valence-corrected chi connectivity index (χ2v) is 7.97. The van der Waals surface area contributed by atoms with Gasteiger partial charge in [-0.05, 0) is 56.0 Å². The van der Waals surface area contributed by atoms with Crippen LogP contribution in [0.3, 0.4) is 0 Å². The van der Waals surface area contributed by atoms with Crippen molar-refractivity contribution in [2.45, 2.75) is 43.9 Å². The molecule has 32 heavy (non-hydrogen) atoms. The minimum Gasteiger partial charge on any atom is -0.497 e. The normalized spacial score (nSPS) is 18.9. The lowest BCUT2D eigenvalue weighted by atomic mass is 9.90. The second kappa shape index (κ2) is 9.06. The van der Waals surface area contributed by atoms with Crippen molar-refractivity contribution in [3.8, 4) is 5.75 Å². The first-order valence-corrected chi connectivity index (χ1v) is 10.5. The minimum atomic E-state index is -4.51. The molecule has 0 spiro atoms. The Morgan fingerprint density at radius 3 is 2.44 bits per heavy atom. The number of para-hydroxylation sites is 1. The maximum atomic E-state index is 13.3. The van der Waals surface area contributed by atoms with Crippen LogP contribution in [0.5, 0.6) is 5.75 Å². The van der Waals surface area contributed by atoms with Gasteiger partial charge in [0.05, 0.1) is 12.6 Å². The Bertz CT molecular complexity index is 1110. The van der Waals surface area contributed by atoms with E-state index >= 15 is 0 Å². The Balaban J connectivity index is 1.41. The van der Waals surface area contributed by atoms with Gasteiger partial charge >= 0.3 is 6.18 Å². The first kappa shape index (κ1) is 21.9. The standard InChI is InChI=1S/C24H24F3N3O2/c1-32-18-6-4-5-15(13-18)23(31)29-17-11-9-16(10-12-17)28-21-14-22(24(25,26)27)30-20-8-3-2-7-19(20)21/h2-8,13-14,16-17H,9-12H2,1H3,(H,28,30)(H,29,31). The van der Waals surface area contributed by atoms with Crippen molar-refractivity contribution in [2.24, 2.45) is 0 Å². The summed E-state index contributed by atoms with van der Waals surface area (Å²) >= 11 is 0. The highest BCUT2D eigenvalue weighted by molar-refractivity contribution is 5.94. The van der Waals surface area contributed by atoms with Gasteiger partial charge in [0.25, 0.3) is 5.91 Å². The molecule has 1 aliphatic rings. The number of pyridine rings is 1. The summed E-state index contributed by atoms with van der Waals surface area (Å²) in [6.07, 6.45) is -1.56. The predicted molar refractivity (Wildman–Crippen MR) is 117 cm³/mol. The summed E-state index contributed by atoms with van der Waals surface area (Å²) in [5.74, 6) is 0.462. The van der Waals surface area contributed by atoms with Crippen LogP contribution in [0.15, 0.2) is 54.6 Å². The number of carbonyl (C=O) groups is 1. The highest BCUT2D eigenvalue weighted by atomic mass is 19.4. The number of methoxy groups -OCH3 is 1. The van der Waals surface area contributed by atoms with E-state index in [1.54, 1.807) is 55.6 Å². The number of amides is 1. The summed E-state index contributed by atoms with van der Waals surface area (Å²) in [6.45, 7) is 0. The Labute approximate surface area is 184 Å². The van der Waals surface area contributed by atoms with Crippen LogP contribution in [0.1, 0.15) is 41.7 Å². The van der Waals surface area contributed by atoms with Crippen molar-refractivity contribution < 1.29 is 22.7 Å². The molecule has 5 nitrogen and oxygen atoms in total. The quantitative estimate of drug-likeness (QED) is 0.553. The van der Waals surface area contributed by atoms with Crippen LogP contribution < -0.4 is 15.4 Å². The molecule has 168 valence electrons. The molecule has 0 atom stereocenters. The summed E-state index contributed by atoms with van der Waals surface area (Å²) in [7, 11) is 1.55. The van der Waals surface area contributed by atoms with Gasteiger partial charge < -0.3 is 15.4 Å². The highest BCUT2D eigenvalue weighted by Gasteiger charge is 2.33. The smallest absolute Gasteiger partial charge is 0.433 e. The zero-order valence-electron chi connectivity index (χ0n) is 17.6. The Hall–Kier alpha value is -3.29. The summed E-state index contributed by atoms with van der Waals surface area (Å²) in [5, 5.41) is 7.00. The van der Waals surface area contributed by atoms with Gasteiger partial charge in [0.15, 0.2) is 0 Å². The number of hydrogen-bond donors (Lipinski definition) is 2. The third-order valence-corrected chi connectivity index (χ3v) is 5.76. The molecular weight excluding hydrogens is 419 g/mol. The number of rotatable bonds is 5. The van der Waals surface area contributed by atoms with E-state index in [1.165, 1.54) is 0 Å². The fourth-order valence-electron chi connectivity index (χ4n) is 4.08. The number of nitrogens with one attached hydrogen (secondary N) is 2. The van der Waals surface area contributed by atoms with Crippen molar-refractivity contribution in [3.63, 3.8) is 0 Å². The van der Waals surface area contributed by atoms with E-state index in [-0.39, 0.29) is 18.0 Å². The lowest BCUT2D eigenvalue weighted by Crippen LogP contribution is -2.40. The molecule has 1 aliphatic carbocycles.